The smallest absolute Gasteiger partial charge is 0.341 e. The highest BCUT2D eigenvalue weighted by atomic mass is 35.5. The summed E-state index contributed by atoms with van der Waals surface area (Å²) in [5, 5.41) is 16.8. The number of aromatic carboxylic acids is 1. The standard InChI is InChI=1S/C20H15ClN4O4/c1-10(22-19(26)18-23-13-4-2-3-5-14(13)24-18)17-15(20(27)28)16(25-29-17)11-6-8-12(21)9-7-11/h2-10H,1H3,(H,22,26)(H,23,24)(H,27,28)/t10-/m1/s1. The maximum Gasteiger partial charge on any atom is 0.341 e. The van der Waals surface area contributed by atoms with Crippen molar-refractivity contribution in [2.45, 2.75) is 13.0 Å². The van der Waals surface area contributed by atoms with Gasteiger partial charge in [-0.05, 0) is 31.2 Å². The van der Waals surface area contributed by atoms with E-state index in [1.54, 1.807) is 43.3 Å². The SMILES string of the molecule is C[C@@H](NC(=O)c1nc2ccccc2[nH]1)c1onc(-c2ccc(Cl)cc2)c1C(=O)O. The van der Waals surface area contributed by atoms with Crippen molar-refractivity contribution in [3.05, 3.63) is 70.7 Å². The number of carbonyl (C=O) groups excluding carboxylic acids is 1. The van der Waals surface area contributed by atoms with Crippen LogP contribution in [0.5, 0.6) is 0 Å². The predicted octanol–water partition coefficient (Wildman–Crippen LogP) is 4.06. The van der Waals surface area contributed by atoms with Crippen LogP contribution in [0.4, 0.5) is 0 Å². The number of carbonyl (C=O) groups is 2. The van der Waals surface area contributed by atoms with Gasteiger partial charge in [-0.1, -0.05) is 41.0 Å². The van der Waals surface area contributed by atoms with E-state index in [-0.39, 0.29) is 22.8 Å². The third-order valence-corrected chi connectivity index (χ3v) is 4.65. The second-order valence-electron chi connectivity index (χ2n) is 6.38. The molecule has 2 aromatic heterocycles. The first-order valence-electron chi connectivity index (χ1n) is 8.68. The van der Waals surface area contributed by atoms with Crippen molar-refractivity contribution in [3.8, 4) is 11.3 Å². The van der Waals surface area contributed by atoms with Crippen LogP contribution in [0.25, 0.3) is 22.3 Å². The minimum atomic E-state index is -1.21. The molecule has 1 atom stereocenters. The number of halogens is 1. The van der Waals surface area contributed by atoms with Gasteiger partial charge < -0.3 is 19.9 Å². The fourth-order valence-corrected chi connectivity index (χ4v) is 3.13. The number of aromatic amines is 1. The van der Waals surface area contributed by atoms with Gasteiger partial charge in [-0.25, -0.2) is 9.78 Å². The first-order chi connectivity index (χ1) is 13.9. The second kappa shape index (κ2) is 7.40. The van der Waals surface area contributed by atoms with E-state index in [1.807, 2.05) is 12.1 Å². The number of H-pyrrole nitrogens is 1. The average molecular weight is 411 g/mol. The van der Waals surface area contributed by atoms with Gasteiger partial charge in [-0.15, -0.1) is 0 Å². The number of carboxylic acid groups (broad SMARTS) is 1. The molecule has 0 aliphatic carbocycles. The van der Waals surface area contributed by atoms with Gasteiger partial charge in [-0.3, -0.25) is 4.79 Å². The minimum Gasteiger partial charge on any atom is -0.477 e. The summed E-state index contributed by atoms with van der Waals surface area (Å²) in [7, 11) is 0. The lowest BCUT2D eigenvalue weighted by molar-refractivity contribution is 0.0692. The molecule has 0 saturated heterocycles. The van der Waals surface area contributed by atoms with E-state index in [4.69, 9.17) is 16.1 Å². The van der Waals surface area contributed by atoms with E-state index in [1.165, 1.54) is 0 Å². The summed E-state index contributed by atoms with van der Waals surface area (Å²) in [5.74, 6) is -1.55. The third-order valence-electron chi connectivity index (χ3n) is 4.40. The summed E-state index contributed by atoms with van der Waals surface area (Å²) in [6.45, 7) is 1.61. The number of hydrogen-bond donors (Lipinski definition) is 3. The zero-order chi connectivity index (χ0) is 20.5. The highest BCUT2D eigenvalue weighted by molar-refractivity contribution is 6.30. The van der Waals surface area contributed by atoms with E-state index in [2.05, 4.69) is 20.4 Å². The Morgan fingerprint density at radius 1 is 1.17 bits per heavy atom. The molecule has 1 amide bonds. The molecular formula is C20H15ClN4O4. The number of hydrogen-bond acceptors (Lipinski definition) is 5. The van der Waals surface area contributed by atoms with Gasteiger partial charge >= 0.3 is 5.97 Å². The number of benzene rings is 2. The lowest BCUT2D eigenvalue weighted by Crippen LogP contribution is -2.28. The maximum atomic E-state index is 12.6. The fraction of sp³-hybridized carbons (Fsp3) is 0.100. The molecule has 29 heavy (non-hydrogen) atoms. The van der Waals surface area contributed by atoms with E-state index >= 15 is 0 Å². The maximum absolute atomic E-state index is 12.6. The van der Waals surface area contributed by atoms with Crippen molar-refractivity contribution >= 4 is 34.5 Å². The van der Waals surface area contributed by atoms with Crippen LogP contribution in [0.1, 0.15) is 39.7 Å². The number of amides is 1. The molecule has 0 fully saturated rings. The lowest BCUT2D eigenvalue weighted by atomic mass is 10.0. The number of imidazole rings is 1. The van der Waals surface area contributed by atoms with Gasteiger partial charge in [0.1, 0.15) is 11.3 Å². The first-order valence-corrected chi connectivity index (χ1v) is 9.06. The minimum absolute atomic E-state index is 0.0342. The molecule has 0 unspecified atom stereocenters. The van der Waals surface area contributed by atoms with Crippen LogP contribution >= 0.6 is 11.6 Å². The van der Waals surface area contributed by atoms with E-state index < -0.39 is 17.9 Å². The quantitative estimate of drug-likeness (QED) is 0.456. The summed E-state index contributed by atoms with van der Waals surface area (Å²) in [5.41, 5.74) is 1.96. The lowest BCUT2D eigenvalue weighted by Gasteiger charge is -2.10. The molecule has 2 aromatic carbocycles. The van der Waals surface area contributed by atoms with Crippen LogP contribution < -0.4 is 5.32 Å². The van der Waals surface area contributed by atoms with Crippen molar-refractivity contribution < 1.29 is 19.2 Å². The zero-order valence-electron chi connectivity index (χ0n) is 15.1. The topological polar surface area (TPSA) is 121 Å². The number of para-hydroxylation sites is 2. The van der Waals surface area contributed by atoms with Crippen molar-refractivity contribution in [2.24, 2.45) is 0 Å². The molecule has 146 valence electrons. The molecule has 0 spiro atoms. The van der Waals surface area contributed by atoms with Crippen molar-refractivity contribution in [1.29, 1.82) is 0 Å². The Bertz CT molecular complexity index is 1180. The van der Waals surface area contributed by atoms with Crippen molar-refractivity contribution in [2.75, 3.05) is 0 Å². The number of carboxylic acids is 1. The Balaban J connectivity index is 1.62. The molecule has 8 nitrogen and oxygen atoms in total. The van der Waals surface area contributed by atoms with Crippen molar-refractivity contribution in [1.82, 2.24) is 20.4 Å². The normalized spacial score (nSPS) is 12.1. The molecule has 3 N–H and O–H groups in total. The molecule has 4 aromatic rings. The molecule has 0 aliphatic heterocycles. The number of nitrogens with zero attached hydrogens (tertiary/aromatic N) is 2. The van der Waals surface area contributed by atoms with Gasteiger partial charge in [0.15, 0.2) is 11.6 Å². The average Bonchev–Trinajstić information content (AvgIpc) is 3.33. The van der Waals surface area contributed by atoms with Gasteiger partial charge in [-0.2, -0.15) is 0 Å². The molecule has 4 rings (SSSR count). The number of fused-ring (bicyclic) bond motifs is 1. The monoisotopic (exact) mass is 410 g/mol. The summed E-state index contributed by atoms with van der Waals surface area (Å²) >= 11 is 5.89. The number of rotatable bonds is 5. The number of aromatic nitrogens is 3. The third kappa shape index (κ3) is 3.57. The molecule has 0 saturated carbocycles. The Labute approximate surface area is 169 Å². The van der Waals surface area contributed by atoms with Crippen LogP contribution in [0.15, 0.2) is 53.1 Å². The van der Waals surface area contributed by atoms with E-state index in [9.17, 15) is 14.7 Å². The Kier molecular flexibility index (Phi) is 4.77. The van der Waals surface area contributed by atoms with Crippen LogP contribution in [0, 0.1) is 0 Å². The molecule has 0 radical (unpaired) electrons. The highest BCUT2D eigenvalue weighted by Gasteiger charge is 2.28. The summed E-state index contributed by atoms with van der Waals surface area (Å²) < 4.78 is 5.29. The highest BCUT2D eigenvalue weighted by Crippen LogP contribution is 2.30. The molecule has 0 aliphatic rings. The Hall–Kier alpha value is -3.65. The van der Waals surface area contributed by atoms with Gasteiger partial charge in [0, 0.05) is 10.6 Å². The van der Waals surface area contributed by atoms with Crippen LogP contribution in [-0.2, 0) is 0 Å². The van der Waals surface area contributed by atoms with E-state index in [0.717, 1.165) is 5.52 Å². The molecule has 2 heterocycles. The van der Waals surface area contributed by atoms with Gasteiger partial charge in [0.05, 0.1) is 17.1 Å². The summed E-state index contributed by atoms with van der Waals surface area (Å²) in [6, 6.07) is 13.0. The first kappa shape index (κ1) is 18.7. The second-order valence-corrected chi connectivity index (χ2v) is 6.82. The van der Waals surface area contributed by atoms with Crippen LogP contribution in [0.3, 0.4) is 0 Å². The fourth-order valence-electron chi connectivity index (χ4n) is 3.00. The number of nitrogens with one attached hydrogen (secondary N) is 2. The van der Waals surface area contributed by atoms with Gasteiger partial charge in [0.2, 0.25) is 0 Å². The van der Waals surface area contributed by atoms with Crippen LogP contribution in [0.2, 0.25) is 5.02 Å². The van der Waals surface area contributed by atoms with Crippen molar-refractivity contribution in [3.63, 3.8) is 0 Å². The predicted molar refractivity (Wildman–Crippen MR) is 106 cm³/mol. The van der Waals surface area contributed by atoms with Crippen LogP contribution in [-0.4, -0.2) is 32.1 Å². The largest absolute Gasteiger partial charge is 0.477 e. The molecule has 9 heteroatoms. The Morgan fingerprint density at radius 3 is 2.59 bits per heavy atom. The Morgan fingerprint density at radius 2 is 1.90 bits per heavy atom. The molecular weight excluding hydrogens is 396 g/mol. The van der Waals surface area contributed by atoms with Gasteiger partial charge in [0.25, 0.3) is 5.91 Å². The summed E-state index contributed by atoms with van der Waals surface area (Å²) in [4.78, 5) is 31.6. The zero-order valence-corrected chi connectivity index (χ0v) is 15.9. The molecule has 0 bridgehead atoms. The summed E-state index contributed by atoms with van der Waals surface area (Å²) in [6.07, 6.45) is 0. The van der Waals surface area contributed by atoms with E-state index in [0.29, 0.717) is 16.1 Å².